The number of esters is 1. The number of sulfone groups is 1. The van der Waals surface area contributed by atoms with Crippen molar-refractivity contribution >= 4 is 45.3 Å². The first-order valence-corrected chi connectivity index (χ1v) is 23.5. The number of hydrogen-bond acceptors (Lipinski definition) is 9. The van der Waals surface area contributed by atoms with Crippen LogP contribution in [0.3, 0.4) is 0 Å². The zero-order valence-corrected chi connectivity index (χ0v) is 36.4. The van der Waals surface area contributed by atoms with Crippen LogP contribution in [0.15, 0.2) is 0 Å². The maximum absolute atomic E-state index is 14.4. The standard InChI is InChI=1S/C38H63IN5O9S/c1-9-36(7,8)54(51,52)24-37(16-11-10-12-17-37)43-33(50)41-21-28(45)44-22-26-20-38(44,23-35(5,6)39-26)32(49)42-27(19-25-13-14-25)30(47)31(48)40-18-15-29(46)53-34(2,3)4/h25-27H,9-24H2,1-8H3,(H,40,48)(H,42,49)(H2,41,43,50)/q-1. The summed E-state index contributed by atoms with van der Waals surface area (Å²) < 4.78 is 31.1. The van der Waals surface area contributed by atoms with E-state index in [0.717, 1.165) is 32.1 Å². The summed E-state index contributed by atoms with van der Waals surface area (Å²) in [6, 6.07) is -1.72. The minimum atomic E-state index is -3.56. The number of halogens is 1. The van der Waals surface area contributed by atoms with Gasteiger partial charge in [-0.3, -0.25) is 4.79 Å². The van der Waals surface area contributed by atoms with Gasteiger partial charge in [-0.2, -0.15) is 0 Å². The summed E-state index contributed by atoms with van der Waals surface area (Å²) in [4.78, 5) is 82.0. The molecular formula is C38H63IN5O9S-. The van der Waals surface area contributed by atoms with Gasteiger partial charge in [0.2, 0.25) is 0 Å². The molecule has 0 spiro atoms. The Morgan fingerprint density at radius 3 is 2.20 bits per heavy atom. The Morgan fingerprint density at radius 1 is 0.963 bits per heavy atom. The predicted octanol–water partition coefficient (Wildman–Crippen LogP) is -0.0951. The van der Waals surface area contributed by atoms with Crippen molar-refractivity contribution in [3.8, 4) is 0 Å². The van der Waals surface area contributed by atoms with Crippen LogP contribution in [0, 0.1) is 5.92 Å². The summed E-state index contributed by atoms with van der Waals surface area (Å²) in [5.41, 5.74) is -2.89. The number of likely N-dealkylation sites (tertiary alicyclic amines) is 1. The molecule has 2 saturated heterocycles. The summed E-state index contributed by atoms with van der Waals surface area (Å²) in [5, 5.41) is 11.0. The number of alkyl halides is 2. The first-order chi connectivity index (χ1) is 24.9. The molecule has 0 radical (unpaired) electrons. The molecule has 4 N–H and O–H groups in total. The fourth-order valence-corrected chi connectivity index (χ4v) is 14.6. The molecule has 4 rings (SSSR count). The molecule has 4 aliphatic rings. The number of ketones is 1. The molecule has 0 aromatic heterocycles. The van der Waals surface area contributed by atoms with Crippen LogP contribution in [-0.2, 0) is 38.5 Å². The third kappa shape index (κ3) is 11.3. The van der Waals surface area contributed by atoms with Crippen LogP contribution in [0.4, 0.5) is 4.79 Å². The van der Waals surface area contributed by atoms with Crippen molar-refractivity contribution in [2.45, 2.75) is 167 Å². The second-order valence-corrected chi connectivity index (χ2v) is 26.0. The number of rotatable bonds is 16. The van der Waals surface area contributed by atoms with Crippen LogP contribution in [-0.4, -0.2) is 109 Å². The molecule has 2 bridgehead atoms. The van der Waals surface area contributed by atoms with Crippen LogP contribution in [0.2, 0.25) is 0 Å². The molecule has 2 heterocycles. The molecule has 2 aliphatic heterocycles. The van der Waals surface area contributed by atoms with Gasteiger partial charge in [-0.25, -0.2) is 0 Å². The molecule has 14 nitrogen and oxygen atoms in total. The van der Waals surface area contributed by atoms with Crippen molar-refractivity contribution in [2.24, 2.45) is 5.92 Å². The van der Waals surface area contributed by atoms with Gasteiger partial charge in [0, 0.05) is 0 Å². The van der Waals surface area contributed by atoms with E-state index in [1.165, 1.54) is 0 Å². The molecule has 54 heavy (non-hydrogen) atoms. The van der Waals surface area contributed by atoms with Crippen LogP contribution in [0.5, 0.6) is 0 Å². The monoisotopic (exact) mass is 892 g/mol. The van der Waals surface area contributed by atoms with Crippen LogP contribution >= 0.6 is 0 Å². The molecule has 5 amide bonds. The Labute approximate surface area is 331 Å². The molecule has 3 unspecified atom stereocenters. The topological polar surface area (TPSA) is 197 Å². The van der Waals surface area contributed by atoms with E-state index in [1.54, 1.807) is 39.5 Å². The second kappa shape index (κ2) is 16.9. The summed E-state index contributed by atoms with van der Waals surface area (Å²) in [5.74, 6) is -3.12. The third-order valence-corrected chi connectivity index (χ3v) is 17.9. The van der Waals surface area contributed by atoms with Crippen molar-refractivity contribution in [1.29, 1.82) is 0 Å². The zero-order chi connectivity index (χ0) is 40.3. The Hall–Kier alpha value is -2.50. The van der Waals surface area contributed by atoms with Crippen molar-refractivity contribution in [3.63, 3.8) is 0 Å². The van der Waals surface area contributed by atoms with Gasteiger partial charge in [0.05, 0.1) is 0 Å². The van der Waals surface area contributed by atoms with Crippen molar-refractivity contribution < 1.29 is 63.1 Å². The van der Waals surface area contributed by atoms with Gasteiger partial charge < -0.3 is 4.74 Å². The zero-order valence-electron chi connectivity index (χ0n) is 33.5. The SMILES string of the molecule is CCC(C)(C)S(=O)(=O)CC1(NC(=O)NCC(=O)N2CC3CC2(C(=O)NC(CC2CC2)C(=O)C(=O)NCCC(=O)OC(C)(C)C)CC(C)(C)[I-]3)CCCCC1. The number of urea groups is 1. The average molecular weight is 893 g/mol. The number of ether oxygens (including phenoxy) is 1. The number of hydrogen-bond donors (Lipinski definition) is 4. The van der Waals surface area contributed by atoms with E-state index in [-0.39, 0.29) is 38.5 Å². The van der Waals surface area contributed by atoms with Crippen LogP contribution in [0.25, 0.3) is 0 Å². The molecule has 16 heteroatoms. The maximum atomic E-state index is 14.4. The van der Waals surface area contributed by atoms with E-state index in [1.807, 2.05) is 6.92 Å². The van der Waals surface area contributed by atoms with Gasteiger partial charge >= 0.3 is 270 Å². The number of nitrogens with zero attached hydrogens (tertiary/aromatic N) is 1. The van der Waals surface area contributed by atoms with Crippen molar-refractivity contribution in [2.75, 3.05) is 25.4 Å². The summed E-state index contributed by atoms with van der Waals surface area (Å²) >= 11 is -0.404. The molecule has 3 atom stereocenters. The molecule has 2 aliphatic carbocycles. The first kappa shape index (κ1) is 44.2. The second-order valence-electron chi connectivity index (χ2n) is 18.0. The van der Waals surface area contributed by atoms with Crippen LogP contribution in [0.1, 0.15) is 132 Å². The van der Waals surface area contributed by atoms with Gasteiger partial charge in [-0.05, 0) is 41.0 Å². The summed E-state index contributed by atoms with van der Waals surface area (Å²) in [6.45, 7) is 14.5. The molecule has 0 aromatic rings. The Morgan fingerprint density at radius 2 is 1.61 bits per heavy atom. The number of nitrogens with one attached hydrogen (secondary N) is 4. The first-order valence-electron chi connectivity index (χ1n) is 19.5. The average Bonchev–Trinajstić information content (AvgIpc) is 3.82. The van der Waals surface area contributed by atoms with Crippen LogP contribution < -0.4 is 42.5 Å². The molecule has 4 fully saturated rings. The number of carbonyl (C=O) groups is 6. The molecule has 0 aromatic carbocycles. The normalized spacial score (nSPS) is 24.3. The van der Waals surface area contributed by atoms with Crippen molar-refractivity contribution in [3.05, 3.63) is 0 Å². The summed E-state index contributed by atoms with van der Waals surface area (Å²) in [7, 11) is -3.56. The molecule has 2 saturated carbocycles. The number of Topliss-reactive ketones (excluding diaryl/α,β-unsaturated/α-hetero) is 1. The molecular weight excluding hydrogens is 829 g/mol. The van der Waals surface area contributed by atoms with Gasteiger partial charge in [-0.15, -0.1) is 0 Å². The van der Waals surface area contributed by atoms with E-state index < -0.39 is 94.0 Å². The molecule has 308 valence electrons. The van der Waals surface area contributed by atoms with E-state index in [9.17, 15) is 37.2 Å². The number of carbonyl (C=O) groups excluding carboxylic acids is 6. The van der Waals surface area contributed by atoms with E-state index >= 15 is 0 Å². The fraction of sp³-hybridized carbons (Fsp3) is 0.842. The van der Waals surface area contributed by atoms with Gasteiger partial charge in [0.15, 0.2) is 0 Å². The Bertz CT molecular complexity index is 1570. The van der Waals surface area contributed by atoms with Gasteiger partial charge in [0.25, 0.3) is 0 Å². The van der Waals surface area contributed by atoms with Gasteiger partial charge in [-0.1, -0.05) is 6.92 Å². The van der Waals surface area contributed by atoms with E-state index in [4.69, 9.17) is 4.74 Å². The predicted molar refractivity (Wildman–Crippen MR) is 200 cm³/mol. The van der Waals surface area contributed by atoms with E-state index in [0.29, 0.717) is 45.1 Å². The van der Waals surface area contributed by atoms with E-state index in [2.05, 4.69) is 35.1 Å². The summed E-state index contributed by atoms with van der Waals surface area (Å²) in [6.07, 6.45) is 6.76. The Kier molecular flexibility index (Phi) is 13.9. The Balaban J connectivity index is 1.45. The van der Waals surface area contributed by atoms with Crippen molar-refractivity contribution in [1.82, 2.24) is 26.2 Å². The quantitative estimate of drug-likeness (QED) is 0.0709. The fourth-order valence-electron chi connectivity index (χ4n) is 7.92. The minimum absolute atomic E-state index is 0.0937. The number of fused-ring (bicyclic) bond motifs is 2. The number of amides is 5. The third-order valence-electron chi connectivity index (χ3n) is 11.2. The van der Waals surface area contributed by atoms with Gasteiger partial charge in [0.1, 0.15) is 5.60 Å².